The second kappa shape index (κ2) is 8.29. The van der Waals surface area contributed by atoms with Crippen LogP contribution in [-0.4, -0.2) is 27.8 Å². The van der Waals surface area contributed by atoms with E-state index in [0.29, 0.717) is 25.2 Å². The van der Waals surface area contributed by atoms with Gasteiger partial charge in [-0.2, -0.15) is 5.10 Å². The van der Waals surface area contributed by atoms with Crippen molar-refractivity contribution in [3.8, 4) is 0 Å². The number of hydrogen-bond acceptors (Lipinski definition) is 3. The quantitative estimate of drug-likeness (QED) is 0.638. The van der Waals surface area contributed by atoms with Crippen molar-refractivity contribution in [1.82, 2.24) is 20.5 Å². The summed E-state index contributed by atoms with van der Waals surface area (Å²) in [6.07, 6.45) is 1.29. The third kappa shape index (κ3) is 5.17. The Hall–Kier alpha value is -3.15. The highest BCUT2D eigenvalue weighted by Gasteiger charge is 2.06. The lowest BCUT2D eigenvalue weighted by atomic mass is 10.1. The molecule has 134 valence electrons. The van der Waals surface area contributed by atoms with E-state index in [1.165, 1.54) is 11.1 Å². The van der Waals surface area contributed by atoms with Crippen LogP contribution in [0.2, 0.25) is 0 Å². The topological polar surface area (TPSA) is 82.7 Å². The number of hydrogen-bond donors (Lipinski definition) is 3. The van der Waals surface area contributed by atoms with E-state index >= 15 is 0 Å². The molecular weight excluding hydrogens is 326 g/mol. The van der Waals surface area contributed by atoms with Gasteiger partial charge in [-0.3, -0.25) is 5.10 Å². The molecule has 3 N–H and O–H groups in total. The van der Waals surface area contributed by atoms with Gasteiger partial charge in [0.15, 0.2) is 5.82 Å². The number of rotatable bonds is 6. The molecule has 0 unspecified atom stereocenters. The molecule has 1 aromatic heterocycles. The minimum atomic E-state index is -0.231. The second-order valence-corrected chi connectivity index (χ2v) is 6.36. The fraction of sp³-hybridized carbons (Fsp3) is 0.250. The number of aryl methyl sites for hydroxylation is 2. The van der Waals surface area contributed by atoms with E-state index < -0.39 is 0 Å². The standard InChI is InChI=1S/C20H23N5O/c1-14-6-8-16(9-7-14)13-19-23-18(24-25-19)10-11-21-20(26)22-17-5-3-4-15(2)12-17/h3-9,12H,10-11,13H2,1-2H3,(H2,21,22,26)(H,23,24,25). The number of carbonyl (C=O) groups is 1. The molecule has 0 radical (unpaired) electrons. The van der Waals surface area contributed by atoms with Crippen LogP contribution in [0, 0.1) is 13.8 Å². The first kappa shape index (κ1) is 17.7. The minimum absolute atomic E-state index is 0.231. The van der Waals surface area contributed by atoms with Crippen LogP contribution in [0.1, 0.15) is 28.3 Å². The minimum Gasteiger partial charge on any atom is -0.337 e. The summed E-state index contributed by atoms with van der Waals surface area (Å²) in [5, 5.41) is 12.8. The molecule has 0 atom stereocenters. The van der Waals surface area contributed by atoms with E-state index in [2.05, 4.69) is 57.0 Å². The number of urea groups is 1. The molecule has 6 nitrogen and oxygen atoms in total. The Kier molecular flexibility index (Phi) is 5.63. The smallest absolute Gasteiger partial charge is 0.319 e. The lowest BCUT2D eigenvalue weighted by Gasteiger charge is -2.07. The second-order valence-electron chi connectivity index (χ2n) is 6.36. The van der Waals surface area contributed by atoms with Crippen LogP contribution in [0.25, 0.3) is 0 Å². The maximum Gasteiger partial charge on any atom is 0.319 e. The summed E-state index contributed by atoms with van der Waals surface area (Å²) in [7, 11) is 0. The predicted molar refractivity (Wildman–Crippen MR) is 102 cm³/mol. The number of benzene rings is 2. The summed E-state index contributed by atoms with van der Waals surface area (Å²) in [6.45, 7) is 4.53. The zero-order valence-corrected chi connectivity index (χ0v) is 15.0. The van der Waals surface area contributed by atoms with Crippen molar-refractivity contribution in [3.63, 3.8) is 0 Å². The van der Waals surface area contributed by atoms with Gasteiger partial charge in [0, 0.05) is 25.1 Å². The molecule has 3 rings (SSSR count). The molecule has 0 aliphatic rings. The molecule has 2 aromatic carbocycles. The maximum atomic E-state index is 11.9. The monoisotopic (exact) mass is 349 g/mol. The fourth-order valence-corrected chi connectivity index (χ4v) is 2.61. The maximum absolute atomic E-state index is 11.9. The van der Waals surface area contributed by atoms with Crippen molar-refractivity contribution in [2.24, 2.45) is 0 Å². The average Bonchev–Trinajstić information content (AvgIpc) is 3.04. The number of amides is 2. The highest BCUT2D eigenvalue weighted by molar-refractivity contribution is 5.89. The average molecular weight is 349 g/mol. The van der Waals surface area contributed by atoms with Crippen molar-refractivity contribution in [3.05, 3.63) is 76.9 Å². The number of H-pyrrole nitrogens is 1. The SMILES string of the molecule is Cc1ccc(Cc2nc(CCNC(=O)Nc3cccc(C)c3)n[nH]2)cc1. The molecule has 0 spiro atoms. The summed E-state index contributed by atoms with van der Waals surface area (Å²) in [5.74, 6) is 1.52. The van der Waals surface area contributed by atoms with Crippen LogP contribution in [0.5, 0.6) is 0 Å². The molecule has 0 aliphatic carbocycles. The normalized spacial score (nSPS) is 10.5. The molecular formula is C20H23N5O. The molecule has 6 heteroatoms. The van der Waals surface area contributed by atoms with E-state index in [1.807, 2.05) is 31.2 Å². The van der Waals surface area contributed by atoms with Gasteiger partial charge in [-0.25, -0.2) is 9.78 Å². The highest BCUT2D eigenvalue weighted by atomic mass is 16.2. The Balaban J connectivity index is 1.44. The molecule has 0 saturated heterocycles. The fourth-order valence-electron chi connectivity index (χ4n) is 2.61. The van der Waals surface area contributed by atoms with Crippen molar-refractivity contribution < 1.29 is 4.79 Å². The summed E-state index contributed by atoms with van der Waals surface area (Å²) < 4.78 is 0. The van der Waals surface area contributed by atoms with Crippen LogP contribution in [0.4, 0.5) is 10.5 Å². The van der Waals surface area contributed by atoms with Gasteiger partial charge in [0.1, 0.15) is 5.82 Å². The van der Waals surface area contributed by atoms with Gasteiger partial charge in [0.05, 0.1) is 0 Å². The predicted octanol–water partition coefficient (Wildman–Crippen LogP) is 3.38. The van der Waals surface area contributed by atoms with Gasteiger partial charge >= 0.3 is 6.03 Å². The molecule has 26 heavy (non-hydrogen) atoms. The first-order chi connectivity index (χ1) is 12.6. The van der Waals surface area contributed by atoms with Crippen LogP contribution >= 0.6 is 0 Å². The Morgan fingerprint density at radius 1 is 1.08 bits per heavy atom. The van der Waals surface area contributed by atoms with E-state index in [9.17, 15) is 4.79 Å². The van der Waals surface area contributed by atoms with Gasteiger partial charge in [-0.1, -0.05) is 42.0 Å². The largest absolute Gasteiger partial charge is 0.337 e. The van der Waals surface area contributed by atoms with Crippen LogP contribution in [0.15, 0.2) is 48.5 Å². The van der Waals surface area contributed by atoms with Crippen molar-refractivity contribution in [2.75, 3.05) is 11.9 Å². The molecule has 0 bridgehead atoms. The summed E-state index contributed by atoms with van der Waals surface area (Å²) in [5.41, 5.74) is 4.31. The zero-order valence-electron chi connectivity index (χ0n) is 15.0. The third-order valence-electron chi connectivity index (χ3n) is 3.98. The van der Waals surface area contributed by atoms with Gasteiger partial charge in [0.2, 0.25) is 0 Å². The number of nitrogens with zero attached hydrogens (tertiary/aromatic N) is 2. The van der Waals surface area contributed by atoms with Crippen molar-refractivity contribution in [2.45, 2.75) is 26.7 Å². The van der Waals surface area contributed by atoms with Crippen LogP contribution < -0.4 is 10.6 Å². The Labute approximate surface area is 153 Å². The van der Waals surface area contributed by atoms with E-state index in [0.717, 1.165) is 17.1 Å². The summed E-state index contributed by atoms with van der Waals surface area (Å²) >= 11 is 0. The number of anilines is 1. The third-order valence-corrected chi connectivity index (χ3v) is 3.98. The molecule has 0 fully saturated rings. The summed E-state index contributed by atoms with van der Waals surface area (Å²) in [6, 6.07) is 15.8. The van der Waals surface area contributed by atoms with Crippen molar-refractivity contribution >= 4 is 11.7 Å². The highest BCUT2D eigenvalue weighted by Crippen LogP contribution is 2.09. The number of aromatic nitrogens is 3. The van der Waals surface area contributed by atoms with Crippen molar-refractivity contribution in [1.29, 1.82) is 0 Å². The first-order valence-corrected chi connectivity index (χ1v) is 8.66. The van der Waals surface area contributed by atoms with Gasteiger partial charge in [0.25, 0.3) is 0 Å². The van der Waals surface area contributed by atoms with Gasteiger partial charge in [-0.05, 0) is 37.1 Å². The zero-order chi connectivity index (χ0) is 18.4. The van der Waals surface area contributed by atoms with E-state index in [4.69, 9.17) is 0 Å². The van der Waals surface area contributed by atoms with E-state index in [-0.39, 0.29) is 6.03 Å². The van der Waals surface area contributed by atoms with Gasteiger partial charge in [-0.15, -0.1) is 0 Å². The van der Waals surface area contributed by atoms with Crippen LogP contribution in [0.3, 0.4) is 0 Å². The lowest BCUT2D eigenvalue weighted by molar-refractivity contribution is 0.252. The molecule has 0 saturated carbocycles. The molecule has 1 heterocycles. The van der Waals surface area contributed by atoms with E-state index in [1.54, 1.807) is 0 Å². The Morgan fingerprint density at radius 2 is 1.88 bits per heavy atom. The van der Waals surface area contributed by atoms with Crippen LogP contribution in [-0.2, 0) is 12.8 Å². The number of nitrogens with one attached hydrogen (secondary N) is 3. The first-order valence-electron chi connectivity index (χ1n) is 8.66. The molecule has 2 amide bonds. The number of carbonyl (C=O) groups excluding carboxylic acids is 1. The molecule has 3 aromatic rings. The Bertz CT molecular complexity index is 870. The number of aromatic amines is 1. The summed E-state index contributed by atoms with van der Waals surface area (Å²) in [4.78, 5) is 16.4. The van der Waals surface area contributed by atoms with Gasteiger partial charge < -0.3 is 10.6 Å². The Morgan fingerprint density at radius 3 is 2.65 bits per heavy atom. The lowest BCUT2D eigenvalue weighted by Crippen LogP contribution is -2.30. The molecule has 0 aliphatic heterocycles.